The predicted octanol–water partition coefficient (Wildman–Crippen LogP) is 2.25. The molecule has 5 heteroatoms. The van der Waals surface area contributed by atoms with E-state index in [4.69, 9.17) is 4.52 Å². The number of rotatable bonds is 2. The fourth-order valence-corrected chi connectivity index (χ4v) is 2.64. The van der Waals surface area contributed by atoms with Crippen LogP contribution in [0.3, 0.4) is 0 Å². The molecule has 1 aliphatic heterocycles. The number of hydrogen-bond donors (Lipinski definition) is 1. The molecular formula is C16H18N2O3. The molecule has 1 aromatic carbocycles. The van der Waals surface area contributed by atoms with Crippen LogP contribution in [0, 0.1) is 6.92 Å². The standard InChI is InChI=1S/C16H18N2O3/c1-11-14(16(20)18-9-7-13(19)8-10-18)15(17-21-11)12-5-3-2-4-6-12/h2-6,13,19H,7-10H2,1H3. The van der Waals surface area contributed by atoms with Crippen LogP contribution in [0.4, 0.5) is 0 Å². The Balaban J connectivity index is 1.92. The number of aromatic nitrogens is 1. The van der Waals surface area contributed by atoms with Crippen molar-refractivity contribution in [2.45, 2.75) is 25.9 Å². The van der Waals surface area contributed by atoms with Gasteiger partial charge in [0, 0.05) is 18.7 Å². The lowest BCUT2D eigenvalue weighted by atomic mass is 10.0. The van der Waals surface area contributed by atoms with Gasteiger partial charge in [-0.1, -0.05) is 35.5 Å². The molecule has 2 aromatic rings. The summed E-state index contributed by atoms with van der Waals surface area (Å²) in [4.78, 5) is 14.5. The van der Waals surface area contributed by atoms with E-state index in [1.165, 1.54) is 0 Å². The summed E-state index contributed by atoms with van der Waals surface area (Å²) >= 11 is 0. The first-order valence-electron chi connectivity index (χ1n) is 7.16. The number of nitrogens with zero attached hydrogens (tertiary/aromatic N) is 2. The van der Waals surface area contributed by atoms with E-state index in [9.17, 15) is 9.90 Å². The molecule has 1 amide bonds. The smallest absolute Gasteiger partial charge is 0.259 e. The maximum absolute atomic E-state index is 12.7. The van der Waals surface area contributed by atoms with Gasteiger partial charge in [-0.25, -0.2) is 0 Å². The zero-order chi connectivity index (χ0) is 14.8. The molecule has 2 heterocycles. The highest BCUT2D eigenvalue weighted by Gasteiger charge is 2.28. The molecule has 0 atom stereocenters. The van der Waals surface area contributed by atoms with E-state index < -0.39 is 0 Å². The molecule has 1 aliphatic rings. The minimum Gasteiger partial charge on any atom is -0.393 e. The first-order chi connectivity index (χ1) is 10.2. The summed E-state index contributed by atoms with van der Waals surface area (Å²) in [5.74, 6) is 0.462. The Morgan fingerprint density at radius 1 is 1.29 bits per heavy atom. The largest absolute Gasteiger partial charge is 0.393 e. The second-order valence-electron chi connectivity index (χ2n) is 5.35. The van der Waals surface area contributed by atoms with Crippen LogP contribution < -0.4 is 0 Å². The summed E-state index contributed by atoms with van der Waals surface area (Å²) < 4.78 is 5.24. The van der Waals surface area contributed by atoms with Crippen molar-refractivity contribution in [3.05, 3.63) is 41.7 Å². The average Bonchev–Trinajstić information content (AvgIpc) is 2.90. The van der Waals surface area contributed by atoms with Gasteiger partial charge < -0.3 is 14.5 Å². The molecule has 1 aromatic heterocycles. The number of carbonyl (C=O) groups is 1. The highest BCUT2D eigenvalue weighted by molar-refractivity contribution is 6.00. The second-order valence-corrected chi connectivity index (χ2v) is 5.35. The molecule has 0 bridgehead atoms. The summed E-state index contributed by atoms with van der Waals surface area (Å²) in [6.45, 7) is 2.89. The quantitative estimate of drug-likeness (QED) is 0.919. The van der Waals surface area contributed by atoms with Crippen LogP contribution in [-0.4, -0.2) is 40.3 Å². The number of aliphatic hydroxyl groups is 1. The van der Waals surface area contributed by atoms with Gasteiger partial charge in [0.15, 0.2) is 0 Å². The van der Waals surface area contributed by atoms with Gasteiger partial charge in [-0.15, -0.1) is 0 Å². The molecule has 1 N–H and O–H groups in total. The minimum absolute atomic E-state index is 0.0699. The van der Waals surface area contributed by atoms with Crippen LogP contribution in [0.5, 0.6) is 0 Å². The molecule has 1 fully saturated rings. The third-order valence-corrected chi connectivity index (χ3v) is 3.88. The molecule has 5 nitrogen and oxygen atoms in total. The van der Waals surface area contributed by atoms with Gasteiger partial charge >= 0.3 is 0 Å². The fourth-order valence-electron chi connectivity index (χ4n) is 2.64. The Kier molecular flexibility index (Phi) is 3.75. The van der Waals surface area contributed by atoms with E-state index >= 15 is 0 Å². The highest BCUT2D eigenvalue weighted by atomic mass is 16.5. The molecule has 1 saturated heterocycles. The van der Waals surface area contributed by atoms with Crippen molar-refractivity contribution in [1.82, 2.24) is 10.1 Å². The number of likely N-dealkylation sites (tertiary alicyclic amines) is 1. The van der Waals surface area contributed by atoms with E-state index in [1.807, 2.05) is 30.3 Å². The Morgan fingerprint density at radius 3 is 2.62 bits per heavy atom. The van der Waals surface area contributed by atoms with E-state index in [-0.39, 0.29) is 12.0 Å². The van der Waals surface area contributed by atoms with Crippen molar-refractivity contribution in [2.24, 2.45) is 0 Å². The maximum atomic E-state index is 12.7. The first kappa shape index (κ1) is 13.8. The van der Waals surface area contributed by atoms with Crippen molar-refractivity contribution in [3.63, 3.8) is 0 Å². The van der Waals surface area contributed by atoms with Gasteiger partial charge in [0.1, 0.15) is 17.0 Å². The number of aryl methyl sites for hydroxylation is 1. The van der Waals surface area contributed by atoms with Gasteiger partial charge in [0.05, 0.1) is 6.10 Å². The number of carbonyl (C=O) groups excluding carboxylic acids is 1. The summed E-state index contributed by atoms with van der Waals surface area (Å²) in [5.41, 5.74) is 1.98. The van der Waals surface area contributed by atoms with Gasteiger partial charge in [-0.2, -0.15) is 0 Å². The number of benzene rings is 1. The molecule has 3 rings (SSSR count). The lowest BCUT2D eigenvalue weighted by Gasteiger charge is -2.29. The zero-order valence-corrected chi connectivity index (χ0v) is 12.0. The lowest BCUT2D eigenvalue weighted by molar-refractivity contribution is 0.0546. The molecule has 0 saturated carbocycles. The fraction of sp³-hybridized carbons (Fsp3) is 0.375. The summed E-state index contributed by atoms with van der Waals surface area (Å²) in [6, 6.07) is 9.56. The topological polar surface area (TPSA) is 66.6 Å². The lowest BCUT2D eigenvalue weighted by Crippen LogP contribution is -2.40. The van der Waals surface area contributed by atoms with Gasteiger partial charge in [0.25, 0.3) is 5.91 Å². The molecule has 21 heavy (non-hydrogen) atoms. The summed E-state index contributed by atoms with van der Waals surface area (Å²) in [7, 11) is 0. The monoisotopic (exact) mass is 286 g/mol. The summed E-state index contributed by atoms with van der Waals surface area (Å²) in [6.07, 6.45) is 0.944. The van der Waals surface area contributed by atoms with Gasteiger partial charge in [-0.05, 0) is 19.8 Å². The minimum atomic E-state index is -0.300. The van der Waals surface area contributed by atoms with Crippen LogP contribution in [0.15, 0.2) is 34.9 Å². The summed E-state index contributed by atoms with van der Waals surface area (Å²) in [5, 5.41) is 13.6. The third-order valence-electron chi connectivity index (χ3n) is 3.88. The average molecular weight is 286 g/mol. The Bertz CT molecular complexity index is 628. The number of amides is 1. The van der Waals surface area contributed by atoms with Crippen LogP contribution in [0.1, 0.15) is 29.0 Å². The molecule has 0 aliphatic carbocycles. The number of aliphatic hydroxyl groups excluding tert-OH is 1. The zero-order valence-electron chi connectivity index (χ0n) is 12.0. The van der Waals surface area contributed by atoms with Crippen molar-refractivity contribution in [2.75, 3.05) is 13.1 Å². The Hall–Kier alpha value is -2.14. The normalized spacial score (nSPS) is 16.2. The van der Waals surface area contributed by atoms with Crippen molar-refractivity contribution >= 4 is 5.91 Å². The van der Waals surface area contributed by atoms with Crippen LogP contribution >= 0.6 is 0 Å². The van der Waals surface area contributed by atoms with E-state index in [1.54, 1.807) is 11.8 Å². The third kappa shape index (κ3) is 2.69. The second kappa shape index (κ2) is 5.69. The van der Waals surface area contributed by atoms with E-state index in [0.717, 1.165) is 5.56 Å². The van der Waals surface area contributed by atoms with Crippen molar-refractivity contribution in [1.29, 1.82) is 0 Å². The van der Waals surface area contributed by atoms with E-state index in [0.29, 0.717) is 42.9 Å². The molecule has 0 spiro atoms. The van der Waals surface area contributed by atoms with Crippen LogP contribution in [0.25, 0.3) is 11.3 Å². The first-order valence-corrected chi connectivity index (χ1v) is 7.16. The van der Waals surface area contributed by atoms with Crippen LogP contribution in [-0.2, 0) is 0 Å². The highest BCUT2D eigenvalue weighted by Crippen LogP contribution is 2.27. The maximum Gasteiger partial charge on any atom is 0.259 e. The van der Waals surface area contributed by atoms with Crippen molar-refractivity contribution in [3.8, 4) is 11.3 Å². The SMILES string of the molecule is Cc1onc(-c2ccccc2)c1C(=O)N1CCC(O)CC1. The molecule has 0 unspecified atom stereocenters. The van der Waals surface area contributed by atoms with Gasteiger partial charge in [-0.3, -0.25) is 4.79 Å². The Labute approximate surface area is 123 Å². The number of piperidine rings is 1. The Morgan fingerprint density at radius 2 is 1.95 bits per heavy atom. The molecule has 110 valence electrons. The number of hydrogen-bond acceptors (Lipinski definition) is 4. The van der Waals surface area contributed by atoms with Crippen molar-refractivity contribution < 1.29 is 14.4 Å². The molecular weight excluding hydrogens is 268 g/mol. The molecule has 0 radical (unpaired) electrons. The van der Waals surface area contributed by atoms with E-state index in [2.05, 4.69) is 5.16 Å². The predicted molar refractivity (Wildman–Crippen MR) is 77.8 cm³/mol. The van der Waals surface area contributed by atoms with Crippen LogP contribution in [0.2, 0.25) is 0 Å². The van der Waals surface area contributed by atoms with Gasteiger partial charge in [0.2, 0.25) is 0 Å².